The van der Waals surface area contributed by atoms with Crippen molar-refractivity contribution in [1.82, 2.24) is 5.32 Å². The Balaban J connectivity index is 2.95. The van der Waals surface area contributed by atoms with Crippen LogP contribution in [0.2, 0.25) is 5.02 Å². The summed E-state index contributed by atoms with van der Waals surface area (Å²) in [5, 5.41) is 4.00. The summed E-state index contributed by atoms with van der Waals surface area (Å²) < 4.78 is 5.35. The molecule has 0 aliphatic rings. The molecule has 17 heavy (non-hydrogen) atoms. The third-order valence-corrected chi connectivity index (χ3v) is 3.10. The minimum Gasteiger partial charge on any atom is -0.495 e. The normalized spacial score (nSPS) is 11.4. The van der Waals surface area contributed by atoms with Crippen molar-refractivity contribution in [3.05, 3.63) is 23.2 Å². The lowest BCUT2D eigenvalue weighted by molar-refractivity contribution is 0.406. The van der Waals surface area contributed by atoms with Crippen LogP contribution in [-0.4, -0.2) is 33.3 Å². The van der Waals surface area contributed by atoms with Gasteiger partial charge < -0.3 is 15.0 Å². The fourth-order valence-corrected chi connectivity index (χ4v) is 1.88. The van der Waals surface area contributed by atoms with Gasteiger partial charge in [-0.2, -0.15) is 0 Å². The second kappa shape index (κ2) is 5.61. The Bertz CT molecular complexity index is 380. The van der Waals surface area contributed by atoms with E-state index in [2.05, 4.69) is 24.1 Å². The zero-order chi connectivity index (χ0) is 13.1. The second-order valence-electron chi connectivity index (χ2n) is 4.81. The van der Waals surface area contributed by atoms with E-state index >= 15 is 0 Å². The number of likely N-dealkylation sites (N-methyl/N-ethyl adjacent to an activating group) is 2. The van der Waals surface area contributed by atoms with E-state index in [0.29, 0.717) is 0 Å². The number of hydrogen-bond donors (Lipinski definition) is 1. The molecule has 96 valence electrons. The quantitative estimate of drug-likeness (QED) is 0.877. The molecule has 0 atom stereocenters. The van der Waals surface area contributed by atoms with Crippen LogP contribution in [0.5, 0.6) is 5.75 Å². The first kappa shape index (κ1) is 14.1. The first-order valence-electron chi connectivity index (χ1n) is 5.63. The molecule has 0 saturated heterocycles. The molecule has 0 bridgehead atoms. The highest BCUT2D eigenvalue weighted by Gasteiger charge is 2.19. The third kappa shape index (κ3) is 3.79. The third-order valence-electron chi connectivity index (χ3n) is 2.86. The van der Waals surface area contributed by atoms with E-state index in [4.69, 9.17) is 16.3 Å². The maximum absolute atomic E-state index is 6.03. The highest BCUT2D eigenvalue weighted by atomic mass is 35.5. The Morgan fingerprint density at radius 3 is 2.59 bits per heavy atom. The van der Waals surface area contributed by atoms with E-state index in [1.807, 2.05) is 32.3 Å². The summed E-state index contributed by atoms with van der Waals surface area (Å²) in [5.74, 6) is 0.837. The summed E-state index contributed by atoms with van der Waals surface area (Å²) in [5.41, 5.74) is 1.03. The van der Waals surface area contributed by atoms with Crippen LogP contribution in [0.15, 0.2) is 18.2 Å². The first-order valence-corrected chi connectivity index (χ1v) is 6.01. The van der Waals surface area contributed by atoms with E-state index in [0.717, 1.165) is 23.0 Å². The van der Waals surface area contributed by atoms with Crippen LogP contribution in [0.3, 0.4) is 0 Å². The average Bonchev–Trinajstić information content (AvgIpc) is 2.28. The second-order valence-corrected chi connectivity index (χ2v) is 5.24. The van der Waals surface area contributed by atoms with Crippen molar-refractivity contribution < 1.29 is 4.74 Å². The Labute approximate surface area is 109 Å². The average molecular weight is 257 g/mol. The summed E-state index contributed by atoms with van der Waals surface area (Å²) >= 11 is 6.03. The van der Waals surface area contributed by atoms with Crippen LogP contribution >= 0.6 is 11.6 Å². The molecule has 0 heterocycles. The van der Waals surface area contributed by atoms with Crippen molar-refractivity contribution in [2.45, 2.75) is 19.4 Å². The van der Waals surface area contributed by atoms with Crippen LogP contribution in [-0.2, 0) is 0 Å². The van der Waals surface area contributed by atoms with E-state index < -0.39 is 0 Å². The van der Waals surface area contributed by atoms with E-state index in [1.165, 1.54) is 0 Å². The molecule has 0 amide bonds. The summed E-state index contributed by atoms with van der Waals surface area (Å²) in [6.45, 7) is 5.17. The molecule has 1 aromatic carbocycles. The van der Waals surface area contributed by atoms with Gasteiger partial charge in [0, 0.05) is 24.2 Å². The predicted octanol–water partition coefficient (Wildman–Crippen LogP) is 2.78. The minimum absolute atomic E-state index is 0.0298. The molecule has 0 aliphatic carbocycles. The number of benzene rings is 1. The number of hydrogen-bond acceptors (Lipinski definition) is 3. The van der Waals surface area contributed by atoms with Gasteiger partial charge in [-0.1, -0.05) is 11.6 Å². The molecule has 3 nitrogen and oxygen atoms in total. The lowest BCUT2D eigenvalue weighted by Gasteiger charge is -2.32. The molecule has 1 N–H and O–H groups in total. The largest absolute Gasteiger partial charge is 0.495 e. The molecule has 0 spiro atoms. The first-order chi connectivity index (χ1) is 7.89. The van der Waals surface area contributed by atoms with E-state index in [9.17, 15) is 0 Å². The molecule has 1 rings (SSSR count). The number of anilines is 1. The number of ether oxygens (including phenoxy) is 1. The molecule has 0 aromatic heterocycles. The van der Waals surface area contributed by atoms with Crippen LogP contribution in [0.1, 0.15) is 13.8 Å². The molecule has 0 fully saturated rings. The number of nitrogens with zero attached hydrogens (tertiary/aromatic N) is 1. The Hall–Kier alpha value is -0.930. The standard InChI is InChI=1S/C13H21ClN2O/c1-13(2,15-3)9-16(4)11-8-10(14)6-7-12(11)17-5/h6-8,15H,9H2,1-5H3. The number of nitrogens with one attached hydrogen (secondary N) is 1. The molecule has 0 radical (unpaired) electrons. The SMILES string of the molecule is CNC(C)(C)CN(C)c1cc(Cl)ccc1OC. The summed E-state index contributed by atoms with van der Waals surface area (Å²) in [7, 11) is 5.67. The molecule has 4 heteroatoms. The molecular weight excluding hydrogens is 236 g/mol. The van der Waals surface area contributed by atoms with Gasteiger partial charge in [0.1, 0.15) is 5.75 Å². The lowest BCUT2D eigenvalue weighted by Crippen LogP contribution is -2.46. The van der Waals surface area contributed by atoms with Crippen molar-refractivity contribution in [3.8, 4) is 5.75 Å². The smallest absolute Gasteiger partial charge is 0.142 e. The molecule has 0 saturated carbocycles. The van der Waals surface area contributed by atoms with Crippen LogP contribution in [0.4, 0.5) is 5.69 Å². The Morgan fingerprint density at radius 2 is 2.06 bits per heavy atom. The molecule has 0 unspecified atom stereocenters. The fourth-order valence-electron chi connectivity index (χ4n) is 1.72. The maximum atomic E-state index is 6.03. The van der Waals surface area contributed by atoms with Gasteiger partial charge in [-0.25, -0.2) is 0 Å². The zero-order valence-electron chi connectivity index (χ0n) is 11.2. The molecule has 0 aliphatic heterocycles. The van der Waals surface area contributed by atoms with Crippen molar-refractivity contribution in [3.63, 3.8) is 0 Å². The Morgan fingerprint density at radius 1 is 1.41 bits per heavy atom. The van der Waals surface area contributed by atoms with Crippen LogP contribution in [0.25, 0.3) is 0 Å². The van der Waals surface area contributed by atoms with Gasteiger partial charge >= 0.3 is 0 Å². The summed E-state index contributed by atoms with van der Waals surface area (Å²) in [4.78, 5) is 2.14. The van der Waals surface area contributed by atoms with Crippen molar-refractivity contribution in [2.75, 3.05) is 32.6 Å². The highest BCUT2D eigenvalue weighted by Crippen LogP contribution is 2.31. The number of rotatable bonds is 5. The van der Waals surface area contributed by atoms with Crippen molar-refractivity contribution in [2.24, 2.45) is 0 Å². The molecular formula is C13H21ClN2O. The van der Waals surface area contributed by atoms with E-state index in [-0.39, 0.29) is 5.54 Å². The van der Waals surface area contributed by atoms with Crippen LogP contribution < -0.4 is 15.0 Å². The predicted molar refractivity (Wildman–Crippen MR) is 74.4 cm³/mol. The van der Waals surface area contributed by atoms with Gasteiger partial charge in [-0.15, -0.1) is 0 Å². The van der Waals surface area contributed by atoms with Crippen LogP contribution in [0, 0.1) is 0 Å². The Kier molecular flexibility index (Phi) is 4.66. The number of methoxy groups -OCH3 is 1. The topological polar surface area (TPSA) is 24.5 Å². The van der Waals surface area contributed by atoms with Crippen molar-refractivity contribution >= 4 is 17.3 Å². The van der Waals surface area contributed by atoms with Gasteiger partial charge in [0.05, 0.1) is 12.8 Å². The monoisotopic (exact) mass is 256 g/mol. The van der Waals surface area contributed by atoms with Gasteiger partial charge in [0.15, 0.2) is 0 Å². The van der Waals surface area contributed by atoms with E-state index in [1.54, 1.807) is 7.11 Å². The lowest BCUT2D eigenvalue weighted by atomic mass is 10.1. The number of halogens is 1. The summed E-state index contributed by atoms with van der Waals surface area (Å²) in [6, 6.07) is 5.65. The molecule has 1 aromatic rings. The van der Waals surface area contributed by atoms with Crippen molar-refractivity contribution in [1.29, 1.82) is 0 Å². The maximum Gasteiger partial charge on any atom is 0.142 e. The zero-order valence-corrected chi connectivity index (χ0v) is 11.9. The van der Waals surface area contributed by atoms with Gasteiger partial charge in [-0.05, 0) is 39.1 Å². The summed E-state index contributed by atoms with van der Waals surface area (Å²) in [6.07, 6.45) is 0. The highest BCUT2D eigenvalue weighted by molar-refractivity contribution is 6.30. The van der Waals surface area contributed by atoms with Gasteiger partial charge in [-0.3, -0.25) is 0 Å². The minimum atomic E-state index is 0.0298. The van der Waals surface area contributed by atoms with Gasteiger partial charge in [0.2, 0.25) is 0 Å². The van der Waals surface area contributed by atoms with Gasteiger partial charge in [0.25, 0.3) is 0 Å². The fraction of sp³-hybridized carbons (Fsp3) is 0.538.